The van der Waals surface area contributed by atoms with Crippen LogP contribution in [0.5, 0.6) is 0 Å². The van der Waals surface area contributed by atoms with E-state index < -0.39 is 22.1 Å². The summed E-state index contributed by atoms with van der Waals surface area (Å²) in [5, 5.41) is 0. The number of anilines is 1. The fraction of sp³-hybridized carbons (Fsp3) is 0.467. The minimum atomic E-state index is -3.95. The molecule has 2 N–H and O–H groups in total. The van der Waals surface area contributed by atoms with Crippen LogP contribution in [0.15, 0.2) is 9.29 Å². The first-order valence-corrected chi connectivity index (χ1v) is 8.25. The molecule has 7 nitrogen and oxygen atoms in total. The van der Waals surface area contributed by atoms with Gasteiger partial charge < -0.3 is 10.5 Å². The van der Waals surface area contributed by atoms with Crippen LogP contribution in [0.4, 0.5) is 10.5 Å². The lowest BCUT2D eigenvalue weighted by Gasteiger charge is -2.30. The minimum absolute atomic E-state index is 0. The first kappa shape index (κ1) is 19.0. The number of hydrogen-bond donors (Lipinski definition) is 1. The van der Waals surface area contributed by atoms with Crippen molar-refractivity contribution in [3.63, 3.8) is 0 Å². The Labute approximate surface area is 137 Å². The predicted molar refractivity (Wildman–Crippen MR) is 90.4 cm³/mol. The van der Waals surface area contributed by atoms with Crippen LogP contribution in [0.3, 0.4) is 0 Å². The number of hydrogen-bond acceptors (Lipinski definition) is 5. The zero-order chi connectivity index (χ0) is 16.8. The number of guanidine groups is 1. The molecule has 0 aromatic heterocycles. The highest BCUT2D eigenvalue weighted by Crippen LogP contribution is 2.40. The van der Waals surface area contributed by atoms with Crippen molar-refractivity contribution in [3.05, 3.63) is 22.3 Å². The maximum atomic E-state index is 12.4. The molecule has 1 amide bonds. The van der Waals surface area contributed by atoms with E-state index in [2.05, 4.69) is 4.40 Å². The number of nitrogens with two attached hydrogens (primary N) is 1. The smallest absolute Gasteiger partial charge is 0.421 e. The van der Waals surface area contributed by atoms with Gasteiger partial charge >= 0.3 is 6.09 Å². The van der Waals surface area contributed by atoms with E-state index in [0.717, 1.165) is 16.0 Å². The van der Waals surface area contributed by atoms with Gasteiger partial charge in [-0.2, -0.15) is 8.42 Å². The standard InChI is InChI=1S/C14H19N3O4S.CH4/c1-6-21-14(18)17-11-9(4)7(2)8(3)10(5)12(11)22(19,20)16-13(17)15;/h6H2,1-5H3,(H2,15,16);1H4. The summed E-state index contributed by atoms with van der Waals surface area (Å²) in [5.41, 5.74) is 8.90. The number of nitrogens with zero attached hydrogens (tertiary/aromatic N) is 2. The lowest BCUT2D eigenvalue weighted by atomic mass is 9.97. The molecule has 0 fully saturated rings. The van der Waals surface area contributed by atoms with Gasteiger partial charge in [0.05, 0.1) is 12.3 Å². The van der Waals surface area contributed by atoms with Gasteiger partial charge in [0.1, 0.15) is 4.90 Å². The zero-order valence-corrected chi connectivity index (χ0v) is 14.0. The average Bonchev–Trinajstić information content (AvgIpc) is 2.41. The number of ether oxygens (including phenoxy) is 1. The summed E-state index contributed by atoms with van der Waals surface area (Å²) in [7, 11) is -3.95. The molecule has 0 saturated heterocycles. The molecule has 0 bridgehead atoms. The Morgan fingerprint density at radius 3 is 2.17 bits per heavy atom. The second kappa shape index (κ2) is 6.19. The van der Waals surface area contributed by atoms with Crippen LogP contribution >= 0.6 is 0 Å². The first-order chi connectivity index (χ1) is 10.1. The third-order valence-electron chi connectivity index (χ3n) is 3.97. The van der Waals surface area contributed by atoms with Crippen molar-refractivity contribution in [2.24, 2.45) is 10.1 Å². The van der Waals surface area contributed by atoms with Crippen molar-refractivity contribution in [1.82, 2.24) is 0 Å². The summed E-state index contributed by atoms with van der Waals surface area (Å²) >= 11 is 0. The molecule has 0 saturated carbocycles. The van der Waals surface area contributed by atoms with Crippen LogP contribution in [-0.4, -0.2) is 27.1 Å². The van der Waals surface area contributed by atoms with Gasteiger partial charge in [0, 0.05) is 0 Å². The number of amides is 1. The summed E-state index contributed by atoms with van der Waals surface area (Å²) in [4.78, 5) is 13.2. The van der Waals surface area contributed by atoms with Crippen LogP contribution < -0.4 is 10.6 Å². The van der Waals surface area contributed by atoms with E-state index in [1.165, 1.54) is 0 Å². The fourth-order valence-corrected chi connectivity index (χ4v) is 3.99. The highest BCUT2D eigenvalue weighted by Gasteiger charge is 2.38. The van der Waals surface area contributed by atoms with Crippen LogP contribution in [0.2, 0.25) is 0 Å². The maximum Gasteiger partial charge on any atom is 0.421 e. The molecular formula is C15H23N3O4S. The highest BCUT2D eigenvalue weighted by atomic mass is 32.2. The second-order valence-corrected chi connectivity index (χ2v) is 6.68. The van der Waals surface area contributed by atoms with Gasteiger partial charge in [0.15, 0.2) is 0 Å². The number of fused-ring (bicyclic) bond motifs is 1. The highest BCUT2D eigenvalue weighted by molar-refractivity contribution is 7.90. The van der Waals surface area contributed by atoms with Gasteiger partial charge in [-0.05, 0) is 56.9 Å². The molecular weight excluding hydrogens is 318 g/mol. The SMILES string of the molecule is C.CCOC(=O)N1C(N)=NS(=O)(=O)c2c(C)c(C)c(C)c(C)c21. The molecule has 1 aliphatic heterocycles. The number of sulfonamides is 1. The molecule has 1 heterocycles. The molecule has 128 valence electrons. The molecule has 1 aromatic carbocycles. The van der Waals surface area contributed by atoms with Crippen molar-refractivity contribution in [3.8, 4) is 0 Å². The second-order valence-electron chi connectivity index (χ2n) is 5.14. The minimum Gasteiger partial charge on any atom is -0.449 e. The molecule has 2 rings (SSSR count). The molecule has 8 heteroatoms. The predicted octanol–water partition coefficient (Wildman–Crippen LogP) is 2.54. The summed E-state index contributed by atoms with van der Waals surface area (Å²) in [6.07, 6.45) is -0.745. The van der Waals surface area contributed by atoms with Crippen LogP contribution in [0.1, 0.15) is 36.6 Å². The van der Waals surface area contributed by atoms with Crippen LogP contribution in [-0.2, 0) is 14.8 Å². The van der Waals surface area contributed by atoms with Gasteiger partial charge in [-0.15, -0.1) is 4.40 Å². The number of benzene rings is 1. The van der Waals surface area contributed by atoms with E-state index >= 15 is 0 Å². The van der Waals surface area contributed by atoms with Gasteiger partial charge in [-0.1, -0.05) is 7.43 Å². The molecule has 0 radical (unpaired) electrons. The first-order valence-electron chi connectivity index (χ1n) is 6.81. The van der Waals surface area contributed by atoms with Crippen LogP contribution in [0, 0.1) is 27.7 Å². The third kappa shape index (κ3) is 2.78. The van der Waals surface area contributed by atoms with Gasteiger partial charge in [-0.3, -0.25) is 0 Å². The number of carbonyl (C=O) groups excluding carboxylic acids is 1. The topological polar surface area (TPSA) is 102 Å². The van der Waals surface area contributed by atoms with Crippen molar-refractivity contribution in [1.29, 1.82) is 0 Å². The van der Waals surface area contributed by atoms with Gasteiger partial charge in [-0.25, -0.2) is 9.69 Å². The van der Waals surface area contributed by atoms with Crippen LogP contribution in [0.25, 0.3) is 0 Å². The molecule has 0 atom stereocenters. The number of rotatable bonds is 1. The van der Waals surface area contributed by atoms with Gasteiger partial charge in [0.2, 0.25) is 5.96 Å². The summed E-state index contributed by atoms with van der Waals surface area (Å²) in [6, 6.07) is 0. The Morgan fingerprint density at radius 2 is 1.65 bits per heavy atom. The third-order valence-corrected chi connectivity index (χ3v) is 5.42. The lowest BCUT2D eigenvalue weighted by Crippen LogP contribution is -2.46. The van der Waals surface area contributed by atoms with Gasteiger partial charge in [0.25, 0.3) is 10.0 Å². The molecule has 23 heavy (non-hydrogen) atoms. The normalized spacial score (nSPS) is 15.3. The van der Waals surface area contributed by atoms with E-state index in [4.69, 9.17) is 10.5 Å². The summed E-state index contributed by atoms with van der Waals surface area (Å²) < 4.78 is 33.3. The molecule has 0 spiro atoms. The Morgan fingerprint density at radius 1 is 1.13 bits per heavy atom. The van der Waals surface area contributed by atoms with E-state index in [-0.39, 0.29) is 24.6 Å². The summed E-state index contributed by atoms with van der Waals surface area (Å²) in [5.74, 6) is -0.406. The Hall–Kier alpha value is -2.09. The monoisotopic (exact) mass is 341 g/mol. The molecule has 0 unspecified atom stereocenters. The largest absolute Gasteiger partial charge is 0.449 e. The molecule has 1 aromatic rings. The van der Waals surface area contributed by atoms with E-state index in [1.54, 1.807) is 20.8 Å². The van der Waals surface area contributed by atoms with Crippen molar-refractivity contribution in [2.75, 3.05) is 11.5 Å². The fourth-order valence-electron chi connectivity index (χ4n) is 2.54. The number of carbonyl (C=O) groups is 1. The quantitative estimate of drug-likeness (QED) is 0.845. The lowest BCUT2D eigenvalue weighted by molar-refractivity contribution is 0.163. The Balaban J connectivity index is 0.00000264. The average molecular weight is 341 g/mol. The summed E-state index contributed by atoms with van der Waals surface area (Å²) in [6.45, 7) is 8.96. The Kier molecular flexibility index (Phi) is 5.10. The van der Waals surface area contributed by atoms with E-state index in [9.17, 15) is 13.2 Å². The van der Waals surface area contributed by atoms with E-state index in [0.29, 0.717) is 11.1 Å². The van der Waals surface area contributed by atoms with Crippen molar-refractivity contribution in [2.45, 2.75) is 46.9 Å². The zero-order valence-electron chi connectivity index (χ0n) is 13.2. The van der Waals surface area contributed by atoms with Crippen molar-refractivity contribution < 1.29 is 17.9 Å². The van der Waals surface area contributed by atoms with E-state index in [1.807, 2.05) is 13.8 Å². The maximum absolute atomic E-state index is 12.4. The molecule has 1 aliphatic rings. The van der Waals surface area contributed by atoms with Crippen molar-refractivity contribution >= 4 is 27.8 Å². The Bertz CT molecular complexity index is 798. The molecule has 0 aliphatic carbocycles.